The molecule has 0 atom stereocenters. The number of halogens is 2. The van der Waals surface area contributed by atoms with Crippen LogP contribution in [0, 0.1) is 0 Å². The second-order valence-electron chi connectivity index (χ2n) is 3.81. The van der Waals surface area contributed by atoms with Crippen molar-refractivity contribution in [3.8, 4) is 5.75 Å². The first-order valence-electron chi connectivity index (χ1n) is 6.02. The van der Waals surface area contributed by atoms with Crippen LogP contribution in [0.4, 0.5) is 0 Å². The number of hydrogen-bond acceptors (Lipinski definition) is 3. The Labute approximate surface area is 118 Å². The molecule has 1 aromatic carbocycles. The van der Waals surface area contributed by atoms with Crippen LogP contribution >= 0.6 is 23.2 Å². The van der Waals surface area contributed by atoms with Crippen molar-refractivity contribution < 1.29 is 9.47 Å². The second-order valence-corrected chi connectivity index (χ2v) is 4.65. The highest BCUT2D eigenvalue weighted by atomic mass is 35.5. The van der Waals surface area contributed by atoms with Gasteiger partial charge in [0, 0.05) is 36.8 Å². The number of benzene rings is 1. The zero-order valence-electron chi connectivity index (χ0n) is 10.8. The van der Waals surface area contributed by atoms with Crippen molar-refractivity contribution in [3.05, 3.63) is 27.7 Å². The standard InChI is InChI=1S/C13H19Cl2NO2/c1-3-17-5-4-6-18-13-10(9-16-2)7-11(14)8-12(13)15/h7-8,16H,3-6,9H2,1-2H3. The third-order valence-corrected chi connectivity index (χ3v) is 2.84. The molecule has 0 aromatic heterocycles. The third-order valence-electron chi connectivity index (χ3n) is 2.34. The van der Waals surface area contributed by atoms with Crippen LogP contribution in [0.25, 0.3) is 0 Å². The summed E-state index contributed by atoms with van der Waals surface area (Å²) in [5.41, 5.74) is 0.964. The van der Waals surface area contributed by atoms with Crippen molar-refractivity contribution >= 4 is 23.2 Å². The number of rotatable bonds is 8. The molecule has 0 aliphatic carbocycles. The maximum atomic E-state index is 6.14. The van der Waals surface area contributed by atoms with Crippen LogP contribution in [0.3, 0.4) is 0 Å². The summed E-state index contributed by atoms with van der Waals surface area (Å²) in [6, 6.07) is 3.56. The smallest absolute Gasteiger partial charge is 0.142 e. The maximum Gasteiger partial charge on any atom is 0.142 e. The Hall–Kier alpha value is -0.480. The molecule has 0 amide bonds. The summed E-state index contributed by atoms with van der Waals surface area (Å²) in [7, 11) is 1.87. The van der Waals surface area contributed by atoms with Crippen molar-refractivity contribution in [2.24, 2.45) is 0 Å². The Kier molecular flexibility index (Phi) is 7.44. The third kappa shape index (κ3) is 5.02. The fourth-order valence-electron chi connectivity index (χ4n) is 1.58. The first-order chi connectivity index (χ1) is 8.69. The highest BCUT2D eigenvalue weighted by molar-refractivity contribution is 6.35. The quantitative estimate of drug-likeness (QED) is 0.744. The van der Waals surface area contributed by atoms with Crippen LogP contribution < -0.4 is 10.1 Å². The molecule has 3 nitrogen and oxygen atoms in total. The SMILES string of the molecule is CCOCCCOc1c(Cl)cc(Cl)cc1CNC. The zero-order chi connectivity index (χ0) is 13.4. The molecule has 0 saturated heterocycles. The van der Waals surface area contributed by atoms with E-state index >= 15 is 0 Å². The Morgan fingerprint density at radius 1 is 1.22 bits per heavy atom. The molecular formula is C13H19Cl2NO2. The monoisotopic (exact) mass is 291 g/mol. The predicted octanol–water partition coefficient (Wildman–Crippen LogP) is 3.52. The number of ether oxygens (including phenoxy) is 2. The zero-order valence-corrected chi connectivity index (χ0v) is 12.3. The van der Waals surface area contributed by atoms with Crippen LogP contribution in [-0.2, 0) is 11.3 Å². The predicted molar refractivity (Wildman–Crippen MR) is 75.8 cm³/mol. The average molecular weight is 292 g/mol. The second kappa shape index (κ2) is 8.59. The van der Waals surface area contributed by atoms with E-state index in [0.717, 1.165) is 18.6 Å². The highest BCUT2D eigenvalue weighted by Gasteiger charge is 2.10. The molecule has 102 valence electrons. The van der Waals surface area contributed by atoms with E-state index in [1.54, 1.807) is 6.07 Å². The molecule has 0 aliphatic heterocycles. The van der Waals surface area contributed by atoms with Crippen molar-refractivity contribution in [2.45, 2.75) is 19.9 Å². The summed E-state index contributed by atoms with van der Waals surface area (Å²) >= 11 is 12.1. The van der Waals surface area contributed by atoms with Crippen LogP contribution in [0.1, 0.15) is 18.9 Å². The van der Waals surface area contributed by atoms with Crippen LogP contribution in [0.5, 0.6) is 5.75 Å². The molecule has 1 N–H and O–H groups in total. The van der Waals surface area contributed by atoms with Crippen LogP contribution in [0.15, 0.2) is 12.1 Å². The van der Waals surface area contributed by atoms with Gasteiger partial charge in [-0.3, -0.25) is 0 Å². The van der Waals surface area contributed by atoms with Gasteiger partial charge in [0.15, 0.2) is 0 Å². The van der Waals surface area contributed by atoms with E-state index in [9.17, 15) is 0 Å². The summed E-state index contributed by atoms with van der Waals surface area (Å²) in [5.74, 6) is 0.701. The first kappa shape index (κ1) is 15.6. The molecule has 0 unspecified atom stereocenters. The van der Waals surface area contributed by atoms with Crippen LogP contribution in [-0.4, -0.2) is 26.9 Å². The molecular weight excluding hydrogens is 273 g/mol. The van der Waals surface area contributed by atoms with Gasteiger partial charge in [-0.15, -0.1) is 0 Å². The summed E-state index contributed by atoms with van der Waals surface area (Å²) in [5, 5.41) is 4.23. The topological polar surface area (TPSA) is 30.5 Å². The fraction of sp³-hybridized carbons (Fsp3) is 0.538. The lowest BCUT2D eigenvalue weighted by Gasteiger charge is -2.13. The van der Waals surface area contributed by atoms with Gasteiger partial charge >= 0.3 is 0 Å². The van der Waals surface area contributed by atoms with Gasteiger partial charge in [0.1, 0.15) is 5.75 Å². The number of hydrogen-bond donors (Lipinski definition) is 1. The van der Waals surface area contributed by atoms with Gasteiger partial charge in [0.05, 0.1) is 11.6 Å². The molecule has 0 heterocycles. The minimum absolute atomic E-state index is 0.546. The minimum atomic E-state index is 0.546. The molecule has 0 radical (unpaired) electrons. The molecule has 0 spiro atoms. The normalized spacial score (nSPS) is 10.7. The lowest BCUT2D eigenvalue weighted by atomic mass is 10.2. The van der Waals surface area contributed by atoms with Gasteiger partial charge < -0.3 is 14.8 Å². The van der Waals surface area contributed by atoms with Gasteiger partial charge in [-0.2, -0.15) is 0 Å². The molecule has 0 fully saturated rings. The highest BCUT2D eigenvalue weighted by Crippen LogP contribution is 2.32. The minimum Gasteiger partial charge on any atom is -0.492 e. The average Bonchev–Trinajstić information content (AvgIpc) is 2.32. The van der Waals surface area contributed by atoms with Crippen molar-refractivity contribution in [1.82, 2.24) is 5.32 Å². The van der Waals surface area contributed by atoms with Gasteiger partial charge in [-0.05, 0) is 26.1 Å². The maximum absolute atomic E-state index is 6.14. The molecule has 0 saturated carbocycles. The van der Waals surface area contributed by atoms with Gasteiger partial charge in [0.2, 0.25) is 0 Å². The molecule has 5 heteroatoms. The van der Waals surface area contributed by atoms with E-state index in [1.165, 1.54) is 0 Å². The van der Waals surface area contributed by atoms with Crippen molar-refractivity contribution in [3.63, 3.8) is 0 Å². The first-order valence-corrected chi connectivity index (χ1v) is 6.77. The van der Waals surface area contributed by atoms with E-state index in [4.69, 9.17) is 32.7 Å². The van der Waals surface area contributed by atoms with E-state index < -0.39 is 0 Å². The summed E-state index contributed by atoms with van der Waals surface area (Å²) in [4.78, 5) is 0. The summed E-state index contributed by atoms with van der Waals surface area (Å²) < 4.78 is 11.0. The lowest BCUT2D eigenvalue weighted by molar-refractivity contribution is 0.130. The van der Waals surface area contributed by atoms with E-state index in [0.29, 0.717) is 35.6 Å². The van der Waals surface area contributed by atoms with E-state index in [1.807, 2.05) is 20.0 Å². The largest absolute Gasteiger partial charge is 0.492 e. The van der Waals surface area contributed by atoms with E-state index in [-0.39, 0.29) is 0 Å². The van der Waals surface area contributed by atoms with Gasteiger partial charge in [0.25, 0.3) is 0 Å². The van der Waals surface area contributed by atoms with Crippen molar-refractivity contribution in [1.29, 1.82) is 0 Å². The van der Waals surface area contributed by atoms with Gasteiger partial charge in [-0.1, -0.05) is 23.2 Å². The molecule has 18 heavy (non-hydrogen) atoms. The lowest BCUT2D eigenvalue weighted by Crippen LogP contribution is -2.09. The summed E-state index contributed by atoms with van der Waals surface area (Å²) in [6.07, 6.45) is 0.839. The molecule has 0 aliphatic rings. The molecule has 1 aromatic rings. The Morgan fingerprint density at radius 3 is 2.67 bits per heavy atom. The fourth-order valence-corrected chi connectivity index (χ4v) is 2.17. The van der Waals surface area contributed by atoms with Crippen molar-refractivity contribution in [2.75, 3.05) is 26.9 Å². The summed E-state index contributed by atoms with van der Waals surface area (Å²) in [6.45, 7) is 4.65. The Morgan fingerprint density at radius 2 is 2.00 bits per heavy atom. The van der Waals surface area contributed by atoms with Crippen LogP contribution in [0.2, 0.25) is 10.0 Å². The van der Waals surface area contributed by atoms with Gasteiger partial charge in [-0.25, -0.2) is 0 Å². The Balaban J connectivity index is 2.62. The molecule has 1 rings (SSSR count). The van der Waals surface area contributed by atoms with E-state index in [2.05, 4.69) is 5.32 Å². The Bertz CT molecular complexity index is 372. The number of nitrogens with one attached hydrogen (secondary N) is 1. The molecule has 0 bridgehead atoms.